The third-order valence-corrected chi connectivity index (χ3v) is 4.87. The van der Waals surface area contributed by atoms with Crippen molar-refractivity contribution in [2.75, 3.05) is 17.4 Å². The predicted octanol–water partition coefficient (Wildman–Crippen LogP) is 4.20. The predicted molar refractivity (Wildman–Crippen MR) is 99.9 cm³/mol. The first kappa shape index (κ1) is 16.7. The molecule has 0 radical (unpaired) electrons. The Labute approximate surface area is 152 Å². The van der Waals surface area contributed by atoms with Gasteiger partial charge in [-0.05, 0) is 43.2 Å². The first-order valence-corrected chi connectivity index (χ1v) is 9.21. The number of hydrogen-bond acceptors (Lipinski definition) is 5. The standard InChI is InChI=1S/C20H23N3O3/c24-20(14-7-9-17-18(11-14)26-13-25-17)23-19-10-8-16(12-21-19)22-15-5-3-1-2-4-6-15/h7-12,15,22H,1-6,13H2,(H,21,23,24). The van der Waals surface area contributed by atoms with Crippen LogP contribution in [0.2, 0.25) is 0 Å². The summed E-state index contributed by atoms with van der Waals surface area (Å²) in [5.74, 6) is 1.56. The van der Waals surface area contributed by atoms with Crippen LogP contribution in [0.15, 0.2) is 36.5 Å². The number of ether oxygens (including phenoxy) is 2. The van der Waals surface area contributed by atoms with Gasteiger partial charge in [0.05, 0.1) is 11.9 Å². The summed E-state index contributed by atoms with van der Waals surface area (Å²) in [4.78, 5) is 16.7. The molecule has 2 N–H and O–H groups in total. The van der Waals surface area contributed by atoms with Gasteiger partial charge in [-0.25, -0.2) is 4.98 Å². The summed E-state index contributed by atoms with van der Waals surface area (Å²) in [6, 6.07) is 9.44. The van der Waals surface area contributed by atoms with E-state index in [9.17, 15) is 4.79 Å². The summed E-state index contributed by atoms with van der Waals surface area (Å²) in [6.07, 6.45) is 9.44. The van der Waals surface area contributed by atoms with Crippen molar-refractivity contribution in [1.29, 1.82) is 0 Å². The number of aromatic nitrogens is 1. The molecule has 4 rings (SSSR count). The zero-order chi connectivity index (χ0) is 17.8. The molecule has 1 aliphatic heterocycles. The van der Waals surface area contributed by atoms with E-state index in [2.05, 4.69) is 15.6 Å². The zero-order valence-electron chi connectivity index (χ0n) is 14.7. The van der Waals surface area contributed by atoms with Gasteiger partial charge in [-0.2, -0.15) is 0 Å². The summed E-state index contributed by atoms with van der Waals surface area (Å²) in [5.41, 5.74) is 1.51. The van der Waals surface area contributed by atoms with Crippen molar-refractivity contribution < 1.29 is 14.3 Å². The van der Waals surface area contributed by atoms with Crippen molar-refractivity contribution in [3.05, 3.63) is 42.1 Å². The van der Waals surface area contributed by atoms with Crippen LogP contribution < -0.4 is 20.1 Å². The SMILES string of the molecule is O=C(Nc1ccc(NC2CCCCCC2)cn1)c1ccc2c(c1)OCO2. The number of nitrogens with zero attached hydrogens (tertiary/aromatic N) is 1. The van der Waals surface area contributed by atoms with Crippen LogP contribution in [0.1, 0.15) is 48.9 Å². The molecule has 2 heterocycles. The number of rotatable bonds is 4. The minimum absolute atomic E-state index is 0.192. The Hall–Kier alpha value is -2.76. The van der Waals surface area contributed by atoms with Gasteiger partial charge in [0.15, 0.2) is 11.5 Å². The maximum Gasteiger partial charge on any atom is 0.256 e. The van der Waals surface area contributed by atoms with Crippen LogP contribution in [0.5, 0.6) is 11.5 Å². The molecule has 2 aliphatic rings. The molecule has 1 aromatic heterocycles. The molecule has 0 atom stereocenters. The molecule has 6 nitrogen and oxygen atoms in total. The molecule has 0 bridgehead atoms. The number of carbonyl (C=O) groups excluding carboxylic acids is 1. The second kappa shape index (κ2) is 7.64. The van der Waals surface area contributed by atoms with Crippen molar-refractivity contribution >= 4 is 17.4 Å². The van der Waals surface area contributed by atoms with Crippen LogP contribution in [0.3, 0.4) is 0 Å². The molecule has 1 aliphatic carbocycles. The second-order valence-corrected chi connectivity index (χ2v) is 6.79. The van der Waals surface area contributed by atoms with Gasteiger partial charge >= 0.3 is 0 Å². The van der Waals surface area contributed by atoms with Gasteiger partial charge in [0, 0.05) is 11.6 Å². The van der Waals surface area contributed by atoms with Gasteiger partial charge in [-0.15, -0.1) is 0 Å². The average molecular weight is 353 g/mol. The highest BCUT2D eigenvalue weighted by Crippen LogP contribution is 2.32. The van der Waals surface area contributed by atoms with Crippen molar-refractivity contribution in [3.8, 4) is 11.5 Å². The number of carbonyl (C=O) groups is 1. The van der Waals surface area contributed by atoms with Crippen molar-refractivity contribution in [3.63, 3.8) is 0 Å². The molecular weight excluding hydrogens is 330 g/mol. The lowest BCUT2D eigenvalue weighted by Crippen LogP contribution is -2.18. The zero-order valence-corrected chi connectivity index (χ0v) is 14.7. The average Bonchev–Trinajstić information content (AvgIpc) is 2.99. The molecular formula is C20H23N3O3. The van der Waals surface area contributed by atoms with E-state index < -0.39 is 0 Å². The van der Waals surface area contributed by atoms with Crippen molar-refractivity contribution in [2.24, 2.45) is 0 Å². The van der Waals surface area contributed by atoms with Gasteiger partial charge in [-0.3, -0.25) is 4.79 Å². The Bertz CT molecular complexity index is 768. The van der Waals surface area contributed by atoms with E-state index in [-0.39, 0.29) is 12.7 Å². The lowest BCUT2D eigenvalue weighted by molar-refractivity contribution is 0.102. The summed E-state index contributed by atoms with van der Waals surface area (Å²) >= 11 is 0. The first-order chi connectivity index (χ1) is 12.8. The van der Waals surface area contributed by atoms with Crippen LogP contribution in [-0.4, -0.2) is 23.7 Å². The Kier molecular flexibility index (Phi) is 4.91. The fraction of sp³-hybridized carbons (Fsp3) is 0.400. The van der Waals surface area contributed by atoms with Gasteiger partial charge < -0.3 is 20.1 Å². The summed E-state index contributed by atoms with van der Waals surface area (Å²) < 4.78 is 10.6. The number of nitrogens with one attached hydrogen (secondary N) is 2. The van der Waals surface area contributed by atoms with Crippen LogP contribution in [0, 0.1) is 0 Å². The number of amides is 1. The first-order valence-electron chi connectivity index (χ1n) is 9.21. The third-order valence-electron chi connectivity index (χ3n) is 4.87. The largest absolute Gasteiger partial charge is 0.454 e. The second-order valence-electron chi connectivity index (χ2n) is 6.79. The number of fused-ring (bicyclic) bond motifs is 1. The number of anilines is 2. The van der Waals surface area contributed by atoms with Crippen LogP contribution in [-0.2, 0) is 0 Å². The van der Waals surface area contributed by atoms with E-state index in [0.717, 1.165) is 5.69 Å². The number of pyridine rings is 1. The smallest absolute Gasteiger partial charge is 0.256 e. The summed E-state index contributed by atoms with van der Waals surface area (Å²) in [7, 11) is 0. The lowest BCUT2D eigenvalue weighted by Gasteiger charge is -2.17. The van der Waals surface area contributed by atoms with Crippen LogP contribution >= 0.6 is 0 Å². The van der Waals surface area contributed by atoms with Crippen molar-refractivity contribution in [2.45, 2.75) is 44.6 Å². The van der Waals surface area contributed by atoms with Gasteiger partial charge in [0.25, 0.3) is 5.91 Å². The quantitative estimate of drug-likeness (QED) is 0.806. The Morgan fingerprint density at radius 2 is 1.81 bits per heavy atom. The molecule has 0 unspecified atom stereocenters. The minimum Gasteiger partial charge on any atom is -0.454 e. The van der Waals surface area contributed by atoms with E-state index in [1.165, 1.54) is 38.5 Å². The molecule has 0 saturated heterocycles. The monoisotopic (exact) mass is 353 g/mol. The minimum atomic E-state index is -0.222. The Morgan fingerprint density at radius 1 is 1.00 bits per heavy atom. The van der Waals surface area contributed by atoms with Crippen molar-refractivity contribution in [1.82, 2.24) is 4.98 Å². The third kappa shape index (κ3) is 3.90. The fourth-order valence-corrected chi connectivity index (χ4v) is 3.44. The highest BCUT2D eigenvalue weighted by molar-refractivity contribution is 6.04. The normalized spacial score (nSPS) is 16.8. The fourth-order valence-electron chi connectivity index (χ4n) is 3.44. The molecule has 1 amide bonds. The van der Waals surface area contributed by atoms with Gasteiger partial charge in [-0.1, -0.05) is 25.7 Å². The van der Waals surface area contributed by atoms with Gasteiger partial charge in [0.2, 0.25) is 6.79 Å². The molecule has 1 aromatic carbocycles. The summed E-state index contributed by atoms with van der Waals surface area (Å²) in [6.45, 7) is 0.192. The summed E-state index contributed by atoms with van der Waals surface area (Å²) in [5, 5.41) is 6.37. The van der Waals surface area contributed by atoms with Crippen LogP contribution in [0.25, 0.3) is 0 Å². The molecule has 6 heteroatoms. The molecule has 0 spiro atoms. The Morgan fingerprint density at radius 3 is 2.58 bits per heavy atom. The van der Waals surface area contributed by atoms with E-state index in [4.69, 9.17) is 9.47 Å². The maximum atomic E-state index is 12.4. The highest BCUT2D eigenvalue weighted by atomic mass is 16.7. The topological polar surface area (TPSA) is 72.5 Å². The molecule has 2 aromatic rings. The maximum absolute atomic E-state index is 12.4. The van der Waals surface area contributed by atoms with Gasteiger partial charge in [0.1, 0.15) is 5.82 Å². The molecule has 1 fully saturated rings. The molecule has 136 valence electrons. The molecule has 1 saturated carbocycles. The molecule has 26 heavy (non-hydrogen) atoms. The van der Waals surface area contributed by atoms with E-state index >= 15 is 0 Å². The number of benzene rings is 1. The van der Waals surface area contributed by atoms with Crippen LogP contribution in [0.4, 0.5) is 11.5 Å². The van der Waals surface area contributed by atoms with E-state index in [0.29, 0.717) is 28.9 Å². The highest BCUT2D eigenvalue weighted by Gasteiger charge is 2.17. The lowest BCUT2D eigenvalue weighted by atomic mass is 10.1. The number of hydrogen-bond donors (Lipinski definition) is 2. The van der Waals surface area contributed by atoms with E-state index in [1.54, 1.807) is 24.4 Å². The Balaban J connectivity index is 1.37. The van der Waals surface area contributed by atoms with E-state index in [1.807, 2.05) is 12.1 Å².